The fraction of sp³-hybridized carbons (Fsp3) is 0.167. The summed E-state index contributed by atoms with van der Waals surface area (Å²) in [6.07, 6.45) is 2.86. The van der Waals surface area contributed by atoms with Gasteiger partial charge in [0.2, 0.25) is 0 Å². The molecule has 2 aromatic rings. The Kier molecular flexibility index (Phi) is 5.64. The largest absolute Gasteiger partial charge is 0.423 e. The normalized spacial score (nSPS) is 11.1. The van der Waals surface area contributed by atoms with E-state index in [-0.39, 0.29) is 0 Å². The predicted octanol–water partition coefficient (Wildman–Crippen LogP) is 5.74. The monoisotopic (exact) mass is 334 g/mol. The van der Waals surface area contributed by atoms with Gasteiger partial charge in [0.05, 0.1) is 0 Å². The highest BCUT2D eigenvalue weighted by atomic mass is 35.5. The molecule has 0 bridgehead atoms. The highest BCUT2D eigenvalue weighted by molar-refractivity contribution is 6.37. The maximum Gasteiger partial charge on any atom is 0.336 e. The van der Waals surface area contributed by atoms with Crippen LogP contribution in [0.2, 0.25) is 10.0 Å². The van der Waals surface area contributed by atoms with Crippen LogP contribution in [0.15, 0.2) is 48.5 Å². The Morgan fingerprint density at radius 2 is 1.64 bits per heavy atom. The summed E-state index contributed by atoms with van der Waals surface area (Å²) in [4.78, 5) is 11.8. The highest BCUT2D eigenvalue weighted by Crippen LogP contribution is 2.25. The lowest BCUT2D eigenvalue weighted by Crippen LogP contribution is -2.03. The van der Waals surface area contributed by atoms with Crippen molar-refractivity contribution >= 4 is 35.2 Å². The number of hydrogen-bond acceptors (Lipinski definition) is 2. The van der Waals surface area contributed by atoms with Gasteiger partial charge in [0, 0.05) is 21.7 Å². The summed E-state index contributed by atoms with van der Waals surface area (Å²) >= 11 is 12.1. The van der Waals surface area contributed by atoms with Crippen LogP contribution >= 0.6 is 23.2 Å². The summed E-state index contributed by atoms with van der Waals surface area (Å²) < 4.78 is 5.24. The number of ether oxygens (including phenoxy) is 1. The number of carbonyl (C=O) groups is 1. The van der Waals surface area contributed by atoms with Crippen molar-refractivity contribution in [3.8, 4) is 5.75 Å². The van der Waals surface area contributed by atoms with Crippen molar-refractivity contribution in [1.29, 1.82) is 0 Å². The second kappa shape index (κ2) is 7.48. The summed E-state index contributed by atoms with van der Waals surface area (Å²) in [6, 6.07) is 12.6. The Labute approximate surface area is 140 Å². The van der Waals surface area contributed by atoms with Crippen molar-refractivity contribution < 1.29 is 9.53 Å². The number of halogens is 2. The minimum Gasteiger partial charge on any atom is -0.423 e. The van der Waals surface area contributed by atoms with Crippen molar-refractivity contribution in [3.63, 3.8) is 0 Å². The molecule has 114 valence electrons. The number of benzene rings is 2. The first-order valence-electron chi connectivity index (χ1n) is 6.91. The second-order valence-electron chi connectivity index (χ2n) is 5.11. The minimum absolute atomic E-state index is 0.437. The van der Waals surface area contributed by atoms with E-state index in [0.29, 0.717) is 27.3 Å². The number of hydrogen-bond donors (Lipinski definition) is 0. The lowest BCUT2D eigenvalue weighted by Gasteiger charge is -2.06. The zero-order valence-electron chi connectivity index (χ0n) is 12.3. The molecule has 0 atom stereocenters. The number of esters is 1. The molecular formula is C18H16Cl2O2. The van der Waals surface area contributed by atoms with E-state index in [1.807, 2.05) is 12.1 Å². The standard InChI is InChI=1S/C18H16Cl2O2/c1-12(2)13-6-8-14(9-7-13)22-18(21)11-10-15-16(19)4-3-5-17(15)20/h3-12H,1-2H3/b11-10+. The van der Waals surface area contributed by atoms with Crippen molar-refractivity contribution in [2.24, 2.45) is 0 Å². The maximum atomic E-state index is 11.8. The van der Waals surface area contributed by atoms with Crippen LogP contribution in [0.1, 0.15) is 30.9 Å². The summed E-state index contributed by atoms with van der Waals surface area (Å²) in [5, 5.41) is 0.968. The van der Waals surface area contributed by atoms with Crippen LogP contribution in [-0.4, -0.2) is 5.97 Å². The molecule has 0 aliphatic rings. The lowest BCUT2D eigenvalue weighted by atomic mass is 10.0. The van der Waals surface area contributed by atoms with Crippen molar-refractivity contribution in [3.05, 3.63) is 69.7 Å². The molecule has 2 nitrogen and oxygen atoms in total. The molecule has 0 amide bonds. The molecule has 0 aliphatic heterocycles. The Hall–Kier alpha value is -1.77. The molecule has 0 spiro atoms. The molecule has 2 rings (SSSR count). The van der Waals surface area contributed by atoms with E-state index in [0.717, 1.165) is 0 Å². The molecule has 0 saturated carbocycles. The van der Waals surface area contributed by atoms with Gasteiger partial charge in [0.15, 0.2) is 0 Å². The van der Waals surface area contributed by atoms with Gasteiger partial charge in [-0.05, 0) is 41.8 Å². The molecule has 0 unspecified atom stereocenters. The van der Waals surface area contributed by atoms with Gasteiger partial charge in [-0.2, -0.15) is 0 Å². The second-order valence-corrected chi connectivity index (χ2v) is 5.93. The van der Waals surface area contributed by atoms with Crippen LogP contribution in [0, 0.1) is 0 Å². The Bertz CT molecular complexity index is 668. The van der Waals surface area contributed by atoms with E-state index in [1.54, 1.807) is 36.4 Å². The number of carbonyl (C=O) groups excluding carboxylic acids is 1. The van der Waals surface area contributed by atoms with Gasteiger partial charge in [-0.25, -0.2) is 4.79 Å². The van der Waals surface area contributed by atoms with E-state index in [4.69, 9.17) is 27.9 Å². The highest BCUT2D eigenvalue weighted by Gasteiger charge is 2.05. The zero-order valence-corrected chi connectivity index (χ0v) is 13.9. The molecule has 0 aromatic heterocycles. The molecule has 2 aromatic carbocycles. The Morgan fingerprint density at radius 1 is 1.05 bits per heavy atom. The Balaban J connectivity index is 2.05. The molecule has 0 N–H and O–H groups in total. The van der Waals surface area contributed by atoms with Gasteiger partial charge < -0.3 is 4.74 Å². The van der Waals surface area contributed by atoms with Gasteiger partial charge in [-0.1, -0.05) is 55.2 Å². The lowest BCUT2D eigenvalue weighted by molar-refractivity contribution is -0.128. The van der Waals surface area contributed by atoms with E-state index < -0.39 is 5.97 Å². The van der Waals surface area contributed by atoms with E-state index in [2.05, 4.69) is 13.8 Å². The molecule has 0 saturated heterocycles. The van der Waals surface area contributed by atoms with Gasteiger partial charge >= 0.3 is 5.97 Å². The zero-order chi connectivity index (χ0) is 16.1. The molecule has 0 heterocycles. The topological polar surface area (TPSA) is 26.3 Å². The summed E-state index contributed by atoms with van der Waals surface area (Å²) in [5.41, 5.74) is 1.79. The van der Waals surface area contributed by atoms with Gasteiger partial charge in [0.1, 0.15) is 5.75 Å². The third-order valence-electron chi connectivity index (χ3n) is 3.15. The molecule has 22 heavy (non-hydrogen) atoms. The summed E-state index contributed by atoms with van der Waals surface area (Å²) in [5.74, 6) is 0.463. The average Bonchev–Trinajstić information content (AvgIpc) is 2.47. The van der Waals surface area contributed by atoms with Crippen molar-refractivity contribution in [2.45, 2.75) is 19.8 Å². The number of rotatable bonds is 4. The fourth-order valence-corrected chi connectivity index (χ4v) is 2.42. The van der Waals surface area contributed by atoms with Crippen LogP contribution in [0.4, 0.5) is 0 Å². The first-order valence-corrected chi connectivity index (χ1v) is 7.67. The first-order chi connectivity index (χ1) is 10.5. The van der Waals surface area contributed by atoms with Crippen LogP contribution < -0.4 is 4.74 Å². The SMILES string of the molecule is CC(C)c1ccc(OC(=O)/C=C/c2c(Cl)cccc2Cl)cc1. The maximum absolute atomic E-state index is 11.8. The van der Waals surface area contributed by atoms with E-state index in [1.165, 1.54) is 11.6 Å². The van der Waals surface area contributed by atoms with E-state index >= 15 is 0 Å². The van der Waals surface area contributed by atoms with Gasteiger partial charge in [-0.15, -0.1) is 0 Å². The van der Waals surface area contributed by atoms with Gasteiger partial charge in [0.25, 0.3) is 0 Å². The van der Waals surface area contributed by atoms with Crippen LogP contribution in [0.5, 0.6) is 5.75 Å². The van der Waals surface area contributed by atoms with Crippen LogP contribution in [0.25, 0.3) is 6.08 Å². The van der Waals surface area contributed by atoms with Crippen molar-refractivity contribution in [1.82, 2.24) is 0 Å². The fourth-order valence-electron chi connectivity index (χ4n) is 1.89. The predicted molar refractivity (Wildman–Crippen MR) is 91.7 cm³/mol. The third-order valence-corrected chi connectivity index (χ3v) is 3.81. The summed E-state index contributed by atoms with van der Waals surface area (Å²) in [7, 11) is 0. The molecule has 0 aliphatic carbocycles. The molecule has 4 heteroatoms. The first kappa shape index (κ1) is 16.6. The third kappa shape index (κ3) is 4.36. The molecular weight excluding hydrogens is 319 g/mol. The van der Waals surface area contributed by atoms with E-state index in [9.17, 15) is 4.79 Å². The van der Waals surface area contributed by atoms with Crippen LogP contribution in [-0.2, 0) is 4.79 Å². The summed E-state index contributed by atoms with van der Waals surface area (Å²) in [6.45, 7) is 4.22. The average molecular weight is 335 g/mol. The minimum atomic E-state index is -0.478. The smallest absolute Gasteiger partial charge is 0.336 e. The molecule has 0 fully saturated rings. The quantitative estimate of drug-likeness (QED) is 0.405. The van der Waals surface area contributed by atoms with Crippen molar-refractivity contribution in [2.75, 3.05) is 0 Å². The van der Waals surface area contributed by atoms with Crippen LogP contribution in [0.3, 0.4) is 0 Å². The van der Waals surface area contributed by atoms with Gasteiger partial charge in [-0.3, -0.25) is 0 Å². The Morgan fingerprint density at radius 3 is 2.18 bits per heavy atom. The molecule has 0 radical (unpaired) electrons.